The maximum atomic E-state index is 12.2. The molecule has 1 aliphatic heterocycles. The van der Waals surface area contributed by atoms with Crippen molar-refractivity contribution >= 4 is 35.3 Å². The lowest BCUT2D eigenvalue weighted by Gasteiger charge is -2.09. The van der Waals surface area contributed by atoms with E-state index in [0.717, 1.165) is 32.4 Å². The minimum Gasteiger partial charge on any atom is -0.382 e. The Kier molecular flexibility index (Phi) is 5.84. The molecular weight excluding hydrogens is 320 g/mol. The number of nitrogens with zero attached hydrogens (tertiary/aromatic N) is 3. The van der Waals surface area contributed by atoms with Gasteiger partial charge in [0.15, 0.2) is 11.5 Å². The molecule has 2 aromatic rings. The fourth-order valence-corrected chi connectivity index (χ4v) is 2.66. The molecule has 0 aliphatic carbocycles. The first-order valence-corrected chi connectivity index (χ1v) is 7.76. The van der Waals surface area contributed by atoms with Crippen molar-refractivity contribution in [1.82, 2.24) is 19.5 Å². The molecule has 1 unspecified atom stereocenters. The number of unbranched alkanes of at least 4 members (excludes halogenated alkanes) is 1. The number of nitrogens with two attached hydrogens (primary N) is 1. The van der Waals surface area contributed by atoms with E-state index in [1.807, 2.05) is 0 Å². The zero-order valence-electron chi connectivity index (χ0n) is 13.2. The summed E-state index contributed by atoms with van der Waals surface area (Å²) in [5.41, 5.74) is 6.82. The molecule has 4 N–H and O–H groups in total. The third kappa shape index (κ3) is 3.76. The van der Waals surface area contributed by atoms with E-state index >= 15 is 0 Å². The van der Waals surface area contributed by atoms with E-state index in [1.54, 1.807) is 4.57 Å². The highest BCUT2D eigenvalue weighted by Gasteiger charge is 2.20. The lowest BCUT2D eigenvalue weighted by Crippen LogP contribution is -2.22. The number of anilines is 2. The first kappa shape index (κ1) is 17.6. The number of hydrogen-bond acceptors (Lipinski definition) is 6. The van der Waals surface area contributed by atoms with E-state index < -0.39 is 0 Å². The molecule has 2 aromatic heterocycles. The fraction of sp³-hybridized carbons (Fsp3) is 0.643. The maximum Gasteiger partial charge on any atom is 0.327 e. The van der Waals surface area contributed by atoms with Crippen molar-refractivity contribution in [1.29, 1.82) is 0 Å². The fourth-order valence-electron chi connectivity index (χ4n) is 2.66. The van der Waals surface area contributed by atoms with Crippen molar-refractivity contribution in [2.24, 2.45) is 5.92 Å². The molecule has 8 nitrogen and oxygen atoms in total. The highest BCUT2D eigenvalue weighted by molar-refractivity contribution is 5.85. The van der Waals surface area contributed by atoms with Gasteiger partial charge in [0.25, 0.3) is 0 Å². The van der Waals surface area contributed by atoms with Crippen LogP contribution in [0.5, 0.6) is 0 Å². The van der Waals surface area contributed by atoms with Crippen LogP contribution in [-0.4, -0.2) is 39.3 Å². The first-order valence-electron chi connectivity index (χ1n) is 7.76. The standard InChI is InChI=1S/C14H22N6O2.ClH/c1-2-3-5-16-13-18-11(15)10-12(19-13)20(14(21)17-10)7-9-4-6-22-8-9;/h9H,2-8H2,1H3,(H,17,21)(H3,15,16,18,19);1H. The van der Waals surface area contributed by atoms with Crippen LogP contribution in [0.4, 0.5) is 11.8 Å². The number of imidazole rings is 1. The highest BCUT2D eigenvalue weighted by atomic mass is 35.5. The molecule has 1 saturated heterocycles. The number of nitrogen functional groups attached to an aromatic ring is 1. The topological polar surface area (TPSA) is 111 Å². The van der Waals surface area contributed by atoms with E-state index in [2.05, 4.69) is 27.2 Å². The van der Waals surface area contributed by atoms with Crippen LogP contribution in [0.2, 0.25) is 0 Å². The van der Waals surface area contributed by atoms with Gasteiger partial charge in [-0.1, -0.05) is 13.3 Å². The number of hydrogen-bond donors (Lipinski definition) is 3. The Morgan fingerprint density at radius 3 is 3.00 bits per heavy atom. The van der Waals surface area contributed by atoms with Gasteiger partial charge in [0.2, 0.25) is 5.95 Å². The van der Waals surface area contributed by atoms with Gasteiger partial charge in [-0.15, -0.1) is 12.4 Å². The first-order chi connectivity index (χ1) is 10.7. The molecule has 9 heteroatoms. The number of rotatable bonds is 6. The van der Waals surface area contributed by atoms with E-state index in [9.17, 15) is 4.79 Å². The summed E-state index contributed by atoms with van der Waals surface area (Å²) in [6.07, 6.45) is 3.07. The van der Waals surface area contributed by atoms with E-state index in [1.165, 1.54) is 0 Å². The van der Waals surface area contributed by atoms with Crippen LogP contribution in [0.3, 0.4) is 0 Å². The summed E-state index contributed by atoms with van der Waals surface area (Å²) >= 11 is 0. The Morgan fingerprint density at radius 1 is 1.48 bits per heavy atom. The molecule has 0 bridgehead atoms. The predicted molar refractivity (Wildman–Crippen MR) is 92.1 cm³/mol. The monoisotopic (exact) mass is 342 g/mol. The van der Waals surface area contributed by atoms with Crippen molar-refractivity contribution in [2.45, 2.75) is 32.7 Å². The molecule has 23 heavy (non-hydrogen) atoms. The summed E-state index contributed by atoms with van der Waals surface area (Å²) in [5.74, 6) is 1.10. The van der Waals surface area contributed by atoms with Gasteiger partial charge in [0.05, 0.1) is 6.61 Å². The molecule has 1 aliphatic rings. The smallest absolute Gasteiger partial charge is 0.327 e. The Morgan fingerprint density at radius 2 is 2.30 bits per heavy atom. The Balaban J connectivity index is 0.00000192. The number of aromatic nitrogens is 4. The van der Waals surface area contributed by atoms with E-state index in [4.69, 9.17) is 10.5 Å². The van der Waals surface area contributed by atoms with E-state index in [-0.39, 0.29) is 18.1 Å². The lowest BCUT2D eigenvalue weighted by molar-refractivity contribution is 0.182. The van der Waals surface area contributed by atoms with Gasteiger partial charge in [-0.25, -0.2) is 4.79 Å². The van der Waals surface area contributed by atoms with Crippen LogP contribution in [0, 0.1) is 5.92 Å². The molecule has 3 heterocycles. The van der Waals surface area contributed by atoms with Crippen LogP contribution < -0.4 is 16.7 Å². The molecule has 0 aromatic carbocycles. The molecule has 0 spiro atoms. The number of aromatic amines is 1. The summed E-state index contributed by atoms with van der Waals surface area (Å²) < 4.78 is 7.01. The Bertz CT molecular complexity index is 707. The van der Waals surface area contributed by atoms with E-state index in [0.29, 0.717) is 42.0 Å². The number of fused-ring (bicyclic) bond motifs is 1. The molecule has 1 atom stereocenters. The molecule has 1 fully saturated rings. The van der Waals surface area contributed by atoms with Gasteiger partial charge in [-0.3, -0.25) is 4.57 Å². The maximum absolute atomic E-state index is 12.2. The quantitative estimate of drug-likeness (QED) is 0.684. The summed E-state index contributed by atoms with van der Waals surface area (Å²) in [5, 5.41) is 3.15. The molecule has 0 saturated carbocycles. The van der Waals surface area contributed by atoms with Gasteiger partial charge in [0.1, 0.15) is 5.52 Å². The normalized spacial score (nSPS) is 17.3. The zero-order valence-corrected chi connectivity index (χ0v) is 14.0. The average molecular weight is 343 g/mol. The van der Waals surface area contributed by atoms with Crippen molar-refractivity contribution in [2.75, 3.05) is 30.8 Å². The minimum atomic E-state index is -0.200. The lowest BCUT2D eigenvalue weighted by atomic mass is 10.1. The SMILES string of the molecule is CCCCNc1nc(N)c2[nH]c(=O)n(CC3CCOC3)c2n1.Cl. The third-order valence-corrected chi connectivity index (χ3v) is 3.93. The van der Waals surface area contributed by atoms with Crippen molar-refractivity contribution < 1.29 is 4.74 Å². The second-order valence-electron chi connectivity index (χ2n) is 5.68. The summed E-state index contributed by atoms with van der Waals surface area (Å²) in [7, 11) is 0. The molecule has 0 amide bonds. The Labute approximate surface area is 140 Å². The number of nitrogens with one attached hydrogen (secondary N) is 2. The van der Waals surface area contributed by atoms with Crippen LogP contribution >= 0.6 is 12.4 Å². The number of H-pyrrole nitrogens is 1. The van der Waals surface area contributed by atoms with Crippen LogP contribution in [0.25, 0.3) is 11.2 Å². The molecule has 3 rings (SSSR count). The second kappa shape index (κ2) is 7.65. The van der Waals surface area contributed by atoms with Gasteiger partial charge < -0.3 is 20.8 Å². The molecular formula is C14H23ClN6O2. The third-order valence-electron chi connectivity index (χ3n) is 3.93. The van der Waals surface area contributed by atoms with Crippen LogP contribution in [-0.2, 0) is 11.3 Å². The summed E-state index contributed by atoms with van der Waals surface area (Å²) in [6.45, 7) is 4.92. The highest BCUT2D eigenvalue weighted by Crippen LogP contribution is 2.20. The molecule has 128 valence electrons. The number of halogens is 1. The zero-order chi connectivity index (χ0) is 15.5. The predicted octanol–water partition coefficient (Wildman–Crippen LogP) is 1.37. The van der Waals surface area contributed by atoms with Gasteiger partial charge in [0, 0.05) is 25.6 Å². The number of ether oxygens (including phenoxy) is 1. The largest absolute Gasteiger partial charge is 0.382 e. The minimum absolute atomic E-state index is 0. The second-order valence-corrected chi connectivity index (χ2v) is 5.68. The summed E-state index contributed by atoms with van der Waals surface area (Å²) in [6, 6.07) is 0. The van der Waals surface area contributed by atoms with Crippen molar-refractivity contribution in [3.8, 4) is 0 Å². The van der Waals surface area contributed by atoms with Crippen LogP contribution in [0.15, 0.2) is 4.79 Å². The van der Waals surface area contributed by atoms with Crippen molar-refractivity contribution in [3.05, 3.63) is 10.5 Å². The van der Waals surface area contributed by atoms with Gasteiger partial charge in [-0.2, -0.15) is 9.97 Å². The summed E-state index contributed by atoms with van der Waals surface area (Å²) in [4.78, 5) is 23.6. The van der Waals surface area contributed by atoms with Crippen LogP contribution in [0.1, 0.15) is 26.2 Å². The van der Waals surface area contributed by atoms with Crippen molar-refractivity contribution in [3.63, 3.8) is 0 Å². The molecule has 0 radical (unpaired) electrons. The van der Waals surface area contributed by atoms with Gasteiger partial charge >= 0.3 is 5.69 Å². The average Bonchev–Trinajstić information content (AvgIpc) is 3.10. The Hall–Kier alpha value is -1.80. The van der Waals surface area contributed by atoms with Gasteiger partial charge in [-0.05, 0) is 12.8 Å².